The molecule has 4 heteroatoms. The number of hydrogen-bond donors (Lipinski definition) is 0. The van der Waals surface area contributed by atoms with Gasteiger partial charge >= 0.3 is 0 Å². The van der Waals surface area contributed by atoms with E-state index < -0.39 is 9.84 Å². The van der Waals surface area contributed by atoms with Crippen molar-refractivity contribution >= 4 is 9.84 Å². The van der Waals surface area contributed by atoms with Crippen molar-refractivity contribution in [1.29, 1.82) is 0 Å². The summed E-state index contributed by atoms with van der Waals surface area (Å²) in [6.07, 6.45) is 4.76. The summed E-state index contributed by atoms with van der Waals surface area (Å²) in [5, 5.41) is 0. The van der Waals surface area contributed by atoms with E-state index in [-0.39, 0.29) is 5.41 Å². The minimum atomic E-state index is -3.12. The maximum atomic E-state index is 11.7. The summed E-state index contributed by atoms with van der Waals surface area (Å²) in [6.45, 7) is 10.3. The van der Waals surface area contributed by atoms with Gasteiger partial charge in [0, 0.05) is 12.8 Å². The topological polar surface area (TPSA) is 37.4 Å². The maximum absolute atomic E-state index is 11.7. The quantitative estimate of drug-likeness (QED) is 0.833. The van der Waals surface area contributed by atoms with Crippen LogP contribution in [0.3, 0.4) is 0 Å². The van der Waals surface area contributed by atoms with E-state index >= 15 is 0 Å². The maximum Gasteiger partial charge on any atom is 0.175 e. The van der Waals surface area contributed by atoms with Crippen molar-refractivity contribution in [2.24, 2.45) is 11.3 Å². The number of nitrogens with zero attached hydrogens (tertiary/aromatic N) is 1. The summed E-state index contributed by atoms with van der Waals surface area (Å²) in [5.74, 6) is 0.853. The molecule has 1 fully saturated rings. The summed E-state index contributed by atoms with van der Waals surface area (Å²) in [7, 11) is -3.12. The molecule has 1 aromatic carbocycles. The lowest BCUT2D eigenvalue weighted by Crippen LogP contribution is -2.40. The van der Waals surface area contributed by atoms with E-state index in [1.54, 1.807) is 6.07 Å². The zero-order chi connectivity index (χ0) is 16.4. The Morgan fingerprint density at radius 2 is 1.86 bits per heavy atom. The Morgan fingerprint density at radius 1 is 1.23 bits per heavy atom. The van der Waals surface area contributed by atoms with Crippen LogP contribution in [0.1, 0.15) is 39.2 Å². The van der Waals surface area contributed by atoms with Gasteiger partial charge in [-0.15, -0.1) is 0 Å². The first-order chi connectivity index (χ1) is 10.2. The molecular weight excluding hydrogens is 294 g/mol. The molecular formula is C18H29NO2S. The molecule has 0 saturated carbocycles. The van der Waals surface area contributed by atoms with Gasteiger partial charge in [0.15, 0.2) is 9.84 Å². The van der Waals surface area contributed by atoms with Crippen molar-refractivity contribution in [3.63, 3.8) is 0 Å². The molecule has 1 aromatic rings. The highest BCUT2D eigenvalue weighted by Crippen LogP contribution is 2.27. The van der Waals surface area contributed by atoms with E-state index in [1.807, 2.05) is 18.2 Å². The van der Waals surface area contributed by atoms with Crippen LogP contribution >= 0.6 is 0 Å². The Bertz CT molecular complexity index is 599. The highest BCUT2D eigenvalue weighted by molar-refractivity contribution is 7.90. The minimum absolute atomic E-state index is 0.150. The molecule has 1 saturated heterocycles. The standard InChI is InChI=1S/C18H29NO2S/c1-15-8-10-19(11-9-15)14-18(2,3)13-16-6-5-7-17(12-16)22(4,20)21/h5-7,12,15H,8-11,13-14H2,1-4H3. The Balaban J connectivity index is 2.02. The second kappa shape index (κ2) is 6.71. The molecule has 0 radical (unpaired) electrons. The zero-order valence-electron chi connectivity index (χ0n) is 14.3. The lowest BCUT2D eigenvalue weighted by atomic mass is 9.84. The number of rotatable bonds is 5. The molecule has 0 amide bonds. The van der Waals surface area contributed by atoms with Gasteiger partial charge in [-0.05, 0) is 61.4 Å². The lowest BCUT2D eigenvalue weighted by Gasteiger charge is -2.36. The molecule has 22 heavy (non-hydrogen) atoms. The largest absolute Gasteiger partial charge is 0.303 e. The van der Waals surface area contributed by atoms with E-state index in [0.29, 0.717) is 4.90 Å². The predicted molar refractivity (Wildman–Crippen MR) is 91.9 cm³/mol. The fourth-order valence-corrected chi connectivity index (χ4v) is 4.01. The fraction of sp³-hybridized carbons (Fsp3) is 0.667. The molecule has 0 aliphatic carbocycles. The second-order valence-electron chi connectivity index (χ2n) is 7.72. The summed E-state index contributed by atoms with van der Waals surface area (Å²) in [4.78, 5) is 2.98. The summed E-state index contributed by atoms with van der Waals surface area (Å²) >= 11 is 0. The van der Waals surface area contributed by atoms with Crippen LogP contribution in [0.2, 0.25) is 0 Å². The SMILES string of the molecule is CC1CCN(CC(C)(C)Cc2cccc(S(C)(=O)=O)c2)CC1. The van der Waals surface area contributed by atoms with E-state index in [4.69, 9.17) is 0 Å². The molecule has 0 spiro atoms. The number of hydrogen-bond acceptors (Lipinski definition) is 3. The average molecular weight is 324 g/mol. The van der Waals surface area contributed by atoms with Gasteiger partial charge in [0.25, 0.3) is 0 Å². The van der Waals surface area contributed by atoms with Gasteiger partial charge in [0.05, 0.1) is 4.90 Å². The Labute approximate surface area is 135 Å². The van der Waals surface area contributed by atoms with Crippen LogP contribution in [0.5, 0.6) is 0 Å². The van der Waals surface area contributed by atoms with E-state index in [0.717, 1.165) is 24.4 Å². The van der Waals surface area contributed by atoms with E-state index in [2.05, 4.69) is 25.7 Å². The first-order valence-electron chi connectivity index (χ1n) is 8.17. The zero-order valence-corrected chi connectivity index (χ0v) is 15.1. The third-order valence-electron chi connectivity index (χ3n) is 4.54. The normalized spacial score (nSPS) is 18.5. The molecule has 0 N–H and O–H groups in total. The Kier molecular flexibility index (Phi) is 5.33. The molecule has 2 rings (SSSR count). The van der Waals surface area contributed by atoms with Gasteiger partial charge in [-0.3, -0.25) is 0 Å². The predicted octanol–water partition coefficient (Wildman–Crippen LogP) is 3.39. The Hall–Kier alpha value is -0.870. The van der Waals surface area contributed by atoms with Crippen LogP contribution in [-0.4, -0.2) is 39.2 Å². The monoisotopic (exact) mass is 323 g/mol. The van der Waals surface area contributed by atoms with Crippen LogP contribution in [0, 0.1) is 11.3 Å². The van der Waals surface area contributed by atoms with E-state index in [1.165, 1.54) is 32.2 Å². The van der Waals surface area contributed by atoms with Gasteiger partial charge in [-0.1, -0.05) is 32.9 Å². The van der Waals surface area contributed by atoms with Crippen LogP contribution in [0.4, 0.5) is 0 Å². The summed E-state index contributed by atoms with van der Waals surface area (Å²) in [5.41, 5.74) is 1.26. The van der Waals surface area contributed by atoms with E-state index in [9.17, 15) is 8.42 Å². The fourth-order valence-electron chi connectivity index (χ4n) is 3.32. The highest BCUT2D eigenvalue weighted by atomic mass is 32.2. The number of benzene rings is 1. The second-order valence-corrected chi connectivity index (χ2v) is 9.73. The third-order valence-corrected chi connectivity index (χ3v) is 5.65. The van der Waals surface area contributed by atoms with Crippen molar-refractivity contribution < 1.29 is 8.42 Å². The van der Waals surface area contributed by atoms with Crippen LogP contribution in [0.15, 0.2) is 29.2 Å². The number of likely N-dealkylation sites (tertiary alicyclic amines) is 1. The van der Waals surface area contributed by atoms with Crippen molar-refractivity contribution in [3.05, 3.63) is 29.8 Å². The minimum Gasteiger partial charge on any atom is -0.303 e. The molecule has 1 heterocycles. The summed E-state index contributed by atoms with van der Waals surface area (Å²) < 4.78 is 23.4. The average Bonchev–Trinajstić information content (AvgIpc) is 2.40. The Morgan fingerprint density at radius 3 is 2.45 bits per heavy atom. The van der Waals surface area contributed by atoms with Gasteiger partial charge in [-0.2, -0.15) is 0 Å². The molecule has 0 atom stereocenters. The molecule has 0 bridgehead atoms. The first kappa shape index (κ1) is 17.5. The van der Waals surface area contributed by atoms with Crippen LogP contribution in [0.25, 0.3) is 0 Å². The molecule has 1 aliphatic heterocycles. The molecule has 3 nitrogen and oxygen atoms in total. The van der Waals surface area contributed by atoms with Gasteiger partial charge < -0.3 is 4.90 Å². The first-order valence-corrected chi connectivity index (χ1v) is 10.1. The molecule has 124 valence electrons. The van der Waals surface area contributed by atoms with Crippen molar-refractivity contribution in [3.8, 4) is 0 Å². The number of sulfone groups is 1. The van der Waals surface area contributed by atoms with Crippen LogP contribution < -0.4 is 0 Å². The summed E-state index contributed by atoms with van der Waals surface area (Å²) in [6, 6.07) is 7.40. The molecule has 0 unspecified atom stereocenters. The highest BCUT2D eigenvalue weighted by Gasteiger charge is 2.25. The van der Waals surface area contributed by atoms with Gasteiger partial charge in [0.2, 0.25) is 0 Å². The van der Waals surface area contributed by atoms with Gasteiger partial charge in [-0.25, -0.2) is 8.42 Å². The third kappa shape index (κ3) is 5.10. The van der Waals surface area contributed by atoms with Crippen molar-refractivity contribution in [2.75, 3.05) is 25.9 Å². The lowest BCUT2D eigenvalue weighted by molar-refractivity contribution is 0.132. The molecule has 0 aromatic heterocycles. The molecule has 1 aliphatic rings. The van der Waals surface area contributed by atoms with Crippen LogP contribution in [-0.2, 0) is 16.3 Å². The van der Waals surface area contributed by atoms with Gasteiger partial charge in [0.1, 0.15) is 0 Å². The number of piperidine rings is 1. The van der Waals surface area contributed by atoms with Crippen molar-refractivity contribution in [1.82, 2.24) is 4.90 Å². The smallest absolute Gasteiger partial charge is 0.175 e. The van der Waals surface area contributed by atoms with Crippen molar-refractivity contribution in [2.45, 2.75) is 44.9 Å².